The highest BCUT2D eigenvalue weighted by Gasteiger charge is 2.35. The monoisotopic (exact) mass is 348 g/mol. The topological polar surface area (TPSA) is 37.3 Å². The molecule has 0 bridgehead atoms. The number of aromatic carboxylic acids is 1. The van der Waals surface area contributed by atoms with Crippen molar-refractivity contribution in [3.05, 3.63) is 70.8 Å². The molecule has 0 heterocycles. The second-order valence-corrected chi connectivity index (χ2v) is 6.78. The zero-order valence-electron chi connectivity index (χ0n) is 14.2. The number of carboxylic acids is 1. The first-order valence-corrected chi connectivity index (χ1v) is 7.72. The first kappa shape index (κ1) is 18.8. The Bertz CT molecular complexity index is 795. The van der Waals surface area contributed by atoms with Gasteiger partial charge in [0.15, 0.2) is 0 Å². The van der Waals surface area contributed by atoms with Gasteiger partial charge >= 0.3 is 12.1 Å². The van der Waals surface area contributed by atoms with Crippen molar-refractivity contribution in [2.45, 2.75) is 32.4 Å². The third kappa shape index (κ3) is 4.50. The molecule has 0 unspecified atom stereocenters. The predicted molar refractivity (Wildman–Crippen MR) is 92.5 cm³/mol. The fourth-order valence-corrected chi connectivity index (χ4v) is 2.45. The maximum Gasteiger partial charge on any atom is 0.417 e. The Balaban J connectivity index is 2.57. The number of hydrogen-bond acceptors (Lipinski definition) is 1. The SMILES string of the molecule is CC(C)(C)c1ccc(/C(=C\c2ccccc2C(=O)O)C(F)(F)F)cc1. The molecule has 0 spiro atoms. The van der Waals surface area contributed by atoms with E-state index in [1.165, 1.54) is 36.4 Å². The zero-order valence-corrected chi connectivity index (χ0v) is 14.2. The Morgan fingerprint density at radius 3 is 2.00 bits per heavy atom. The van der Waals surface area contributed by atoms with E-state index in [0.717, 1.165) is 11.6 Å². The summed E-state index contributed by atoms with van der Waals surface area (Å²) in [4.78, 5) is 11.2. The van der Waals surface area contributed by atoms with E-state index in [-0.39, 0.29) is 22.1 Å². The van der Waals surface area contributed by atoms with E-state index in [4.69, 9.17) is 5.11 Å². The molecule has 0 aromatic heterocycles. The number of rotatable bonds is 3. The van der Waals surface area contributed by atoms with Gasteiger partial charge < -0.3 is 5.11 Å². The van der Waals surface area contributed by atoms with E-state index in [1.807, 2.05) is 20.8 Å². The summed E-state index contributed by atoms with van der Waals surface area (Å²) in [5, 5.41) is 9.17. The van der Waals surface area contributed by atoms with Gasteiger partial charge in [0.1, 0.15) is 0 Å². The molecular formula is C20H19F3O2. The van der Waals surface area contributed by atoms with Crippen molar-refractivity contribution >= 4 is 17.6 Å². The lowest BCUT2D eigenvalue weighted by molar-refractivity contribution is -0.0683. The van der Waals surface area contributed by atoms with Gasteiger partial charge in [-0.25, -0.2) is 4.79 Å². The normalized spacial score (nSPS) is 13.0. The molecule has 5 heteroatoms. The van der Waals surface area contributed by atoms with Crippen LogP contribution in [0.4, 0.5) is 13.2 Å². The van der Waals surface area contributed by atoms with Crippen LogP contribution in [0.1, 0.15) is 47.8 Å². The summed E-state index contributed by atoms with van der Waals surface area (Å²) in [6, 6.07) is 11.8. The number of benzene rings is 2. The molecule has 0 aliphatic heterocycles. The molecule has 0 saturated heterocycles. The molecule has 2 aromatic carbocycles. The van der Waals surface area contributed by atoms with E-state index in [9.17, 15) is 18.0 Å². The third-order valence-electron chi connectivity index (χ3n) is 3.86. The number of allylic oxidation sites excluding steroid dienone is 1. The van der Waals surface area contributed by atoms with Crippen LogP contribution in [0.3, 0.4) is 0 Å². The summed E-state index contributed by atoms with van der Waals surface area (Å²) < 4.78 is 40.6. The Labute approximate surface area is 144 Å². The standard InChI is InChI=1S/C20H19F3O2/c1-19(2,3)15-10-8-13(9-11-15)17(20(21,22)23)12-14-6-4-5-7-16(14)18(24)25/h4-12H,1-3H3,(H,24,25)/b17-12+. The second-order valence-electron chi connectivity index (χ2n) is 6.78. The van der Waals surface area contributed by atoms with E-state index in [0.29, 0.717) is 0 Å². The van der Waals surface area contributed by atoms with Crippen LogP contribution in [-0.4, -0.2) is 17.3 Å². The van der Waals surface area contributed by atoms with Crippen LogP contribution in [0.2, 0.25) is 0 Å². The molecule has 2 rings (SSSR count). The molecule has 25 heavy (non-hydrogen) atoms. The summed E-state index contributed by atoms with van der Waals surface area (Å²) >= 11 is 0. The van der Waals surface area contributed by atoms with Gasteiger partial charge in [-0.05, 0) is 34.2 Å². The molecule has 0 atom stereocenters. The van der Waals surface area contributed by atoms with Gasteiger partial charge in [0.25, 0.3) is 0 Å². The van der Waals surface area contributed by atoms with Crippen molar-refractivity contribution in [3.8, 4) is 0 Å². The number of halogens is 3. The van der Waals surface area contributed by atoms with Crippen LogP contribution < -0.4 is 0 Å². The molecule has 0 aliphatic carbocycles. The molecular weight excluding hydrogens is 329 g/mol. The lowest BCUT2D eigenvalue weighted by Gasteiger charge is -2.20. The summed E-state index contributed by atoms with van der Waals surface area (Å²) in [7, 11) is 0. The molecule has 0 radical (unpaired) electrons. The van der Waals surface area contributed by atoms with Crippen LogP contribution in [0, 0.1) is 0 Å². The van der Waals surface area contributed by atoms with Gasteiger partial charge in [-0.3, -0.25) is 0 Å². The first-order chi connectivity index (χ1) is 11.5. The Hall–Kier alpha value is -2.56. The maximum absolute atomic E-state index is 13.5. The Morgan fingerprint density at radius 2 is 1.52 bits per heavy atom. The highest BCUT2D eigenvalue weighted by Crippen LogP contribution is 2.36. The highest BCUT2D eigenvalue weighted by molar-refractivity contribution is 5.95. The van der Waals surface area contributed by atoms with Crippen LogP contribution in [0.15, 0.2) is 48.5 Å². The van der Waals surface area contributed by atoms with Crippen molar-refractivity contribution in [1.29, 1.82) is 0 Å². The molecule has 132 valence electrons. The largest absolute Gasteiger partial charge is 0.478 e. The average molecular weight is 348 g/mol. The zero-order chi connectivity index (χ0) is 18.8. The number of hydrogen-bond donors (Lipinski definition) is 1. The summed E-state index contributed by atoms with van der Waals surface area (Å²) in [5.74, 6) is -1.27. The van der Waals surface area contributed by atoms with Crippen molar-refractivity contribution in [2.24, 2.45) is 0 Å². The molecule has 0 fully saturated rings. The van der Waals surface area contributed by atoms with E-state index in [2.05, 4.69) is 0 Å². The average Bonchev–Trinajstić information content (AvgIpc) is 2.51. The van der Waals surface area contributed by atoms with Crippen LogP contribution in [0.5, 0.6) is 0 Å². The molecule has 0 saturated carbocycles. The second kappa shape index (κ2) is 6.75. The lowest BCUT2D eigenvalue weighted by Crippen LogP contribution is -2.13. The van der Waals surface area contributed by atoms with Crippen LogP contribution in [-0.2, 0) is 5.41 Å². The van der Waals surface area contributed by atoms with Gasteiger partial charge in [-0.2, -0.15) is 13.2 Å². The Morgan fingerprint density at radius 1 is 0.960 bits per heavy atom. The summed E-state index contributed by atoms with van der Waals surface area (Å²) in [6.07, 6.45) is -3.72. The van der Waals surface area contributed by atoms with E-state index in [1.54, 1.807) is 12.1 Å². The minimum absolute atomic E-state index is 0.000641. The molecule has 0 aliphatic rings. The fourth-order valence-electron chi connectivity index (χ4n) is 2.45. The molecule has 0 amide bonds. The van der Waals surface area contributed by atoms with Crippen LogP contribution >= 0.6 is 0 Å². The minimum atomic E-state index is -4.60. The quantitative estimate of drug-likeness (QED) is 0.713. The fraction of sp³-hybridized carbons (Fsp3) is 0.250. The highest BCUT2D eigenvalue weighted by atomic mass is 19.4. The van der Waals surface area contributed by atoms with Crippen molar-refractivity contribution in [2.75, 3.05) is 0 Å². The van der Waals surface area contributed by atoms with Gasteiger partial charge in [-0.15, -0.1) is 0 Å². The van der Waals surface area contributed by atoms with Gasteiger partial charge in [0.05, 0.1) is 11.1 Å². The molecule has 2 nitrogen and oxygen atoms in total. The lowest BCUT2D eigenvalue weighted by atomic mass is 9.86. The number of alkyl halides is 3. The van der Waals surface area contributed by atoms with Gasteiger partial charge in [-0.1, -0.05) is 63.2 Å². The minimum Gasteiger partial charge on any atom is -0.478 e. The van der Waals surface area contributed by atoms with Crippen LogP contribution in [0.25, 0.3) is 11.6 Å². The predicted octanol–water partition coefficient (Wildman–Crippen LogP) is 5.79. The molecule has 2 aromatic rings. The molecule has 1 N–H and O–H groups in total. The van der Waals surface area contributed by atoms with E-state index < -0.39 is 17.7 Å². The number of carbonyl (C=O) groups is 1. The first-order valence-electron chi connectivity index (χ1n) is 7.72. The van der Waals surface area contributed by atoms with Crippen molar-refractivity contribution < 1.29 is 23.1 Å². The van der Waals surface area contributed by atoms with Crippen molar-refractivity contribution in [3.63, 3.8) is 0 Å². The summed E-state index contributed by atoms with van der Waals surface area (Å²) in [5.41, 5.74) is -0.278. The number of carboxylic acid groups (broad SMARTS) is 1. The smallest absolute Gasteiger partial charge is 0.417 e. The third-order valence-corrected chi connectivity index (χ3v) is 3.86. The maximum atomic E-state index is 13.5. The van der Waals surface area contributed by atoms with Gasteiger partial charge in [0, 0.05) is 0 Å². The van der Waals surface area contributed by atoms with E-state index >= 15 is 0 Å². The Kier molecular flexibility index (Phi) is 5.07. The van der Waals surface area contributed by atoms with Gasteiger partial charge in [0.2, 0.25) is 0 Å². The summed E-state index contributed by atoms with van der Waals surface area (Å²) in [6.45, 7) is 5.93. The van der Waals surface area contributed by atoms with Crippen molar-refractivity contribution in [1.82, 2.24) is 0 Å².